The molecular formula is C25H16Cl2N4O8. The summed E-state index contributed by atoms with van der Waals surface area (Å²) in [7, 11) is 0. The molecule has 0 bridgehead atoms. The van der Waals surface area contributed by atoms with E-state index in [4.69, 9.17) is 27.9 Å². The summed E-state index contributed by atoms with van der Waals surface area (Å²) in [5.74, 6) is -2.59. The number of barbiturate groups is 1. The van der Waals surface area contributed by atoms with Gasteiger partial charge in [-0.2, -0.15) is 0 Å². The molecular weight excluding hydrogens is 555 g/mol. The third-order valence-corrected chi connectivity index (χ3v) is 6.25. The zero-order valence-electron chi connectivity index (χ0n) is 20.1. The van der Waals surface area contributed by atoms with Gasteiger partial charge < -0.3 is 4.74 Å². The number of amides is 4. The minimum absolute atomic E-state index is 0.0342. The molecule has 12 nitrogen and oxygen atoms in total. The van der Waals surface area contributed by atoms with Crippen LogP contribution in [-0.4, -0.2) is 27.7 Å². The lowest BCUT2D eigenvalue weighted by Crippen LogP contribution is -2.54. The van der Waals surface area contributed by atoms with Gasteiger partial charge in [0.1, 0.15) is 5.57 Å². The van der Waals surface area contributed by atoms with Gasteiger partial charge in [0.25, 0.3) is 17.5 Å². The number of nitrogens with zero attached hydrogens (tertiary/aromatic N) is 3. The average molecular weight is 571 g/mol. The Morgan fingerprint density at radius 2 is 1.64 bits per heavy atom. The number of non-ortho nitro benzene ring substituents is 1. The molecule has 0 radical (unpaired) electrons. The lowest BCUT2D eigenvalue weighted by Gasteiger charge is -2.27. The van der Waals surface area contributed by atoms with Gasteiger partial charge in [0.05, 0.1) is 26.6 Å². The van der Waals surface area contributed by atoms with E-state index in [-0.39, 0.29) is 27.0 Å². The normalized spacial score (nSPS) is 14.4. The number of aryl methyl sites for hydroxylation is 2. The minimum Gasteiger partial charge on any atom is -0.448 e. The lowest BCUT2D eigenvalue weighted by molar-refractivity contribution is -0.394. The van der Waals surface area contributed by atoms with E-state index in [1.807, 2.05) is 6.92 Å². The van der Waals surface area contributed by atoms with E-state index in [1.165, 1.54) is 12.1 Å². The predicted molar refractivity (Wildman–Crippen MR) is 141 cm³/mol. The first-order valence-corrected chi connectivity index (χ1v) is 11.7. The molecule has 3 aromatic carbocycles. The van der Waals surface area contributed by atoms with Gasteiger partial charge in [0.15, 0.2) is 5.75 Å². The van der Waals surface area contributed by atoms with Crippen LogP contribution in [0.1, 0.15) is 16.7 Å². The highest BCUT2D eigenvalue weighted by atomic mass is 35.5. The van der Waals surface area contributed by atoms with Crippen molar-refractivity contribution >= 4 is 64.2 Å². The molecule has 0 unspecified atom stereocenters. The number of nitro benzene ring substituents is 2. The fourth-order valence-corrected chi connectivity index (χ4v) is 4.21. The van der Waals surface area contributed by atoms with Crippen LogP contribution in [0.2, 0.25) is 10.0 Å². The smallest absolute Gasteiger partial charge is 0.335 e. The van der Waals surface area contributed by atoms with Crippen molar-refractivity contribution in [2.45, 2.75) is 13.8 Å². The molecule has 4 amide bonds. The van der Waals surface area contributed by atoms with Gasteiger partial charge in [-0.05, 0) is 61.4 Å². The fraction of sp³-hybridized carbons (Fsp3) is 0.0800. The molecule has 0 atom stereocenters. The molecule has 0 saturated carbocycles. The minimum atomic E-state index is -1.01. The average Bonchev–Trinajstić information content (AvgIpc) is 2.85. The van der Waals surface area contributed by atoms with Gasteiger partial charge >= 0.3 is 11.7 Å². The number of nitro groups is 2. The number of nitrogens with one attached hydrogen (secondary N) is 1. The van der Waals surface area contributed by atoms with Crippen LogP contribution >= 0.6 is 23.2 Å². The molecule has 1 saturated heterocycles. The Labute approximate surface area is 229 Å². The number of carbonyl (C=O) groups excluding carboxylic acids is 3. The third kappa shape index (κ3) is 5.42. The van der Waals surface area contributed by atoms with E-state index in [1.54, 1.807) is 25.1 Å². The summed E-state index contributed by atoms with van der Waals surface area (Å²) in [6, 6.07) is 9.17. The highest BCUT2D eigenvalue weighted by molar-refractivity contribution is 6.40. The SMILES string of the molecule is Cc1ccc(N2C(=O)NC(=O)/C(=C\c3cc(Cl)cc(Cl)c3Oc3ccc([N+](=O)[O-])cc3[N+](=O)[O-])C2=O)cc1C. The molecule has 4 rings (SSSR count). The Morgan fingerprint density at radius 3 is 2.28 bits per heavy atom. The van der Waals surface area contributed by atoms with E-state index in [0.717, 1.165) is 34.2 Å². The second kappa shape index (κ2) is 10.5. The summed E-state index contributed by atoms with van der Waals surface area (Å²) >= 11 is 12.4. The van der Waals surface area contributed by atoms with Gasteiger partial charge in [-0.25, -0.2) is 9.69 Å². The van der Waals surface area contributed by atoms with Crippen molar-refractivity contribution in [3.05, 3.63) is 101 Å². The number of benzene rings is 3. The summed E-state index contributed by atoms with van der Waals surface area (Å²) in [6.45, 7) is 3.65. The first kappa shape index (κ1) is 27.2. The number of urea groups is 1. The summed E-state index contributed by atoms with van der Waals surface area (Å²) in [4.78, 5) is 60.3. The summed E-state index contributed by atoms with van der Waals surface area (Å²) in [6.07, 6.45) is 1.07. The van der Waals surface area contributed by atoms with Gasteiger partial charge in [0, 0.05) is 16.7 Å². The van der Waals surface area contributed by atoms with Crippen LogP contribution in [0.4, 0.5) is 21.9 Å². The highest BCUT2D eigenvalue weighted by Gasteiger charge is 2.37. The number of rotatable bonds is 6. The van der Waals surface area contributed by atoms with Gasteiger partial charge in [-0.15, -0.1) is 0 Å². The van der Waals surface area contributed by atoms with Crippen molar-refractivity contribution < 1.29 is 29.0 Å². The summed E-state index contributed by atoms with van der Waals surface area (Å²) < 4.78 is 5.67. The standard InChI is InChI=1S/C25H16Cl2N4O8/c1-12-3-4-16(7-13(12)2)29-24(33)18(23(32)28-25(29)34)9-14-8-15(26)10-19(27)22(14)39-21-6-5-17(30(35)36)11-20(21)31(37)38/h3-11H,1-2H3,(H,28,32,34)/b18-9+. The van der Waals surface area contributed by atoms with Crippen LogP contribution in [0, 0.1) is 34.1 Å². The Kier molecular flexibility index (Phi) is 7.34. The summed E-state index contributed by atoms with van der Waals surface area (Å²) in [5.41, 5.74) is 0.165. The Morgan fingerprint density at radius 1 is 0.923 bits per heavy atom. The van der Waals surface area contributed by atoms with Crippen LogP contribution in [-0.2, 0) is 9.59 Å². The van der Waals surface area contributed by atoms with Crippen molar-refractivity contribution in [3.8, 4) is 11.5 Å². The molecule has 1 heterocycles. The van der Waals surface area contributed by atoms with Crippen LogP contribution < -0.4 is 15.0 Å². The number of hydrogen-bond acceptors (Lipinski definition) is 8. The number of imide groups is 2. The van der Waals surface area contributed by atoms with Crippen LogP contribution in [0.15, 0.2) is 54.1 Å². The van der Waals surface area contributed by atoms with Gasteiger partial charge in [-0.1, -0.05) is 29.3 Å². The van der Waals surface area contributed by atoms with Crippen LogP contribution in [0.25, 0.3) is 6.08 Å². The molecule has 198 valence electrons. The summed E-state index contributed by atoms with van der Waals surface area (Å²) in [5, 5.41) is 24.7. The molecule has 0 aromatic heterocycles. The fourth-order valence-electron chi connectivity index (χ4n) is 3.67. The highest BCUT2D eigenvalue weighted by Crippen LogP contribution is 2.41. The number of anilines is 1. The number of halogens is 2. The van der Waals surface area contributed by atoms with E-state index < -0.39 is 50.4 Å². The number of carbonyl (C=O) groups is 3. The maximum absolute atomic E-state index is 13.3. The van der Waals surface area contributed by atoms with Gasteiger partial charge in [-0.3, -0.25) is 35.1 Å². The quantitative estimate of drug-likeness (QED) is 0.166. The van der Waals surface area contributed by atoms with Crippen LogP contribution in [0.3, 0.4) is 0 Å². The second-order valence-corrected chi connectivity index (χ2v) is 9.14. The maximum atomic E-state index is 13.3. The topological polar surface area (TPSA) is 162 Å². The molecule has 1 N–H and O–H groups in total. The zero-order chi connectivity index (χ0) is 28.6. The molecule has 39 heavy (non-hydrogen) atoms. The van der Waals surface area contributed by atoms with Crippen molar-refractivity contribution in [2.75, 3.05) is 4.90 Å². The van der Waals surface area contributed by atoms with E-state index in [2.05, 4.69) is 5.32 Å². The zero-order valence-corrected chi connectivity index (χ0v) is 21.6. The number of hydrogen-bond donors (Lipinski definition) is 1. The van der Waals surface area contributed by atoms with E-state index in [0.29, 0.717) is 6.07 Å². The molecule has 0 spiro atoms. The van der Waals surface area contributed by atoms with Crippen molar-refractivity contribution in [1.82, 2.24) is 5.32 Å². The van der Waals surface area contributed by atoms with Crippen molar-refractivity contribution in [3.63, 3.8) is 0 Å². The van der Waals surface area contributed by atoms with E-state index >= 15 is 0 Å². The first-order valence-electron chi connectivity index (χ1n) is 11.0. The van der Waals surface area contributed by atoms with E-state index in [9.17, 15) is 34.6 Å². The molecule has 3 aromatic rings. The first-order chi connectivity index (χ1) is 18.4. The lowest BCUT2D eigenvalue weighted by atomic mass is 10.0. The van der Waals surface area contributed by atoms with Crippen molar-refractivity contribution in [2.24, 2.45) is 0 Å². The van der Waals surface area contributed by atoms with Crippen molar-refractivity contribution in [1.29, 1.82) is 0 Å². The maximum Gasteiger partial charge on any atom is 0.335 e. The Hall–Kier alpha value is -4.81. The molecule has 1 aliphatic rings. The Balaban J connectivity index is 1.82. The second-order valence-electron chi connectivity index (χ2n) is 8.30. The predicted octanol–water partition coefficient (Wildman–Crippen LogP) is 5.89. The Bertz CT molecular complexity index is 1640. The monoisotopic (exact) mass is 570 g/mol. The molecule has 14 heteroatoms. The number of ether oxygens (including phenoxy) is 1. The van der Waals surface area contributed by atoms with Gasteiger partial charge in [0.2, 0.25) is 5.75 Å². The largest absolute Gasteiger partial charge is 0.448 e. The molecule has 1 fully saturated rings. The molecule has 1 aliphatic heterocycles. The third-order valence-electron chi connectivity index (χ3n) is 5.75. The van der Waals surface area contributed by atoms with Crippen LogP contribution in [0.5, 0.6) is 11.5 Å². The molecule has 0 aliphatic carbocycles.